The molecule has 0 bridgehead atoms. The SMILES string of the molecule is CC(CCOC(C)(C)CCNc1nc(NCCC(C)(S)OCCC(C)(C)C(=O)O)nc(OCCOCCNC(=O)OC(C)(C)C)n1)C(=O)O. The van der Waals surface area contributed by atoms with E-state index >= 15 is 0 Å². The van der Waals surface area contributed by atoms with Crippen molar-refractivity contribution in [1.82, 2.24) is 20.3 Å². The number of carbonyl (C=O) groups excluding carboxylic acids is 1. The molecule has 1 aromatic heterocycles. The highest BCUT2D eigenvalue weighted by Crippen LogP contribution is 2.25. The van der Waals surface area contributed by atoms with Crippen molar-refractivity contribution in [3.05, 3.63) is 0 Å². The van der Waals surface area contributed by atoms with E-state index in [0.717, 1.165) is 0 Å². The molecule has 0 saturated heterocycles. The topological polar surface area (TPSA) is 213 Å². The Bertz CT molecular complexity index is 1180. The summed E-state index contributed by atoms with van der Waals surface area (Å²) in [5.74, 6) is -1.71. The van der Waals surface area contributed by atoms with Crippen LogP contribution in [-0.4, -0.2) is 112 Å². The third-order valence-corrected chi connectivity index (χ3v) is 7.41. The Morgan fingerprint density at radius 2 is 1.39 bits per heavy atom. The van der Waals surface area contributed by atoms with Gasteiger partial charge < -0.3 is 49.8 Å². The largest absolute Gasteiger partial charge is 0.481 e. The molecular weight excluding hydrogens is 660 g/mol. The average molecular weight is 719 g/mol. The number of aromatic nitrogens is 3. The minimum atomic E-state index is -0.908. The Kier molecular flexibility index (Phi) is 18.4. The molecule has 5 N–H and O–H groups in total. The second-order valence-corrected chi connectivity index (χ2v) is 15.1. The molecule has 0 aliphatic carbocycles. The first-order valence-corrected chi connectivity index (χ1v) is 16.9. The van der Waals surface area contributed by atoms with E-state index in [-0.39, 0.29) is 50.9 Å². The predicted octanol–water partition coefficient (Wildman–Crippen LogP) is 4.47. The van der Waals surface area contributed by atoms with E-state index in [1.54, 1.807) is 48.5 Å². The molecule has 0 fully saturated rings. The van der Waals surface area contributed by atoms with Crippen LogP contribution in [0.15, 0.2) is 0 Å². The maximum Gasteiger partial charge on any atom is 0.407 e. The molecule has 282 valence electrons. The fourth-order valence-electron chi connectivity index (χ4n) is 3.71. The van der Waals surface area contributed by atoms with Crippen molar-refractivity contribution in [2.75, 3.05) is 63.3 Å². The summed E-state index contributed by atoms with van der Waals surface area (Å²) in [5, 5.41) is 27.4. The van der Waals surface area contributed by atoms with Crippen LogP contribution in [0.4, 0.5) is 16.7 Å². The van der Waals surface area contributed by atoms with E-state index in [1.807, 2.05) is 13.8 Å². The van der Waals surface area contributed by atoms with Gasteiger partial charge in [0.1, 0.15) is 17.1 Å². The van der Waals surface area contributed by atoms with Crippen molar-refractivity contribution >= 4 is 42.6 Å². The van der Waals surface area contributed by atoms with E-state index < -0.39 is 45.5 Å². The predicted molar refractivity (Wildman–Crippen MR) is 187 cm³/mol. The van der Waals surface area contributed by atoms with Gasteiger partial charge in [0.2, 0.25) is 11.9 Å². The van der Waals surface area contributed by atoms with Crippen LogP contribution < -0.4 is 20.7 Å². The van der Waals surface area contributed by atoms with Gasteiger partial charge in [-0.2, -0.15) is 15.0 Å². The van der Waals surface area contributed by atoms with Crippen LogP contribution in [0.1, 0.15) is 88.0 Å². The van der Waals surface area contributed by atoms with Crippen molar-refractivity contribution in [2.24, 2.45) is 11.3 Å². The van der Waals surface area contributed by atoms with E-state index in [1.165, 1.54) is 0 Å². The zero-order valence-corrected chi connectivity index (χ0v) is 31.4. The van der Waals surface area contributed by atoms with E-state index in [0.29, 0.717) is 45.4 Å². The summed E-state index contributed by atoms with van der Waals surface area (Å²) in [4.78, 5) is 46.6. The molecule has 1 amide bonds. The minimum Gasteiger partial charge on any atom is -0.481 e. The van der Waals surface area contributed by atoms with Gasteiger partial charge in [0.25, 0.3) is 0 Å². The molecule has 49 heavy (non-hydrogen) atoms. The van der Waals surface area contributed by atoms with Crippen LogP contribution in [-0.2, 0) is 28.5 Å². The molecule has 0 radical (unpaired) electrons. The lowest BCUT2D eigenvalue weighted by atomic mass is 9.90. The Morgan fingerprint density at radius 1 is 0.776 bits per heavy atom. The number of carboxylic acids is 2. The number of amides is 1. The molecule has 0 aromatic carbocycles. The molecule has 1 heterocycles. The van der Waals surface area contributed by atoms with Gasteiger partial charge in [-0.25, -0.2) is 4.79 Å². The maximum absolute atomic E-state index is 11.7. The van der Waals surface area contributed by atoms with Crippen LogP contribution in [0.3, 0.4) is 0 Å². The number of anilines is 2. The lowest BCUT2D eigenvalue weighted by Gasteiger charge is -2.27. The third-order valence-electron chi connectivity index (χ3n) is 7.05. The quantitative estimate of drug-likeness (QED) is 0.0468. The molecular formula is C32H58N6O10S. The fraction of sp³-hybridized carbons (Fsp3) is 0.812. The van der Waals surface area contributed by atoms with Crippen LogP contribution in [0.5, 0.6) is 6.01 Å². The standard InChI is InChI=1S/C32H58N6O10S/c1-22(23(39)40)10-17-46-31(7,8)11-14-33-25-36-26(34-15-12-32(9,49)47-18-13-30(5,6)24(41)42)38-27(37-25)45-21-20-44-19-16-35-28(43)48-29(2,3)4/h22,49H,10-21H2,1-9H3,(H,35,43)(H,39,40)(H,41,42)(H2,33,34,36,37,38). The number of nitrogens with zero attached hydrogens (tertiary/aromatic N) is 3. The molecule has 17 heteroatoms. The number of ether oxygens (including phenoxy) is 5. The lowest BCUT2D eigenvalue weighted by Crippen LogP contribution is -2.34. The fourth-order valence-corrected chi connectivity index (χ4v) is 3.91. The second-order valence-electron chi connectivity index (χ2n) is 14.1. The second kappa shape index (κ2) is 20.5. The van der Waals surface area contributed by atoms with Gasteiger partial charge in [-0.3, -0.25) is 9.59 Å². The van der Waals surface area contributed by atoms with Gasteiger partial charge >= 0.3 is 24.0 Å². The maximum atomic E-state index is 11.7. The van der Waals surface area contributed by atoms with E-state index in [4.69, 9.17) is 28.8 Å². The zero-order valence-electron chi connectivity index (χ0n) is 30.5. The summed E-state index contributed by atoms with van der Waals surface area (Å²) in [6.07, 6.45) is 1.26. The monoisotopic (exact) mass is 718 g/mol. The first-order valence-electron chi connectivity index (χ1n) is 16.5. The highest BCUT2D eigenvalue weighted by molar-refractivity contribution is 7.81. The Morgan fingerprint density at radius 3 is 1.96 bits per heavy atom. The summed E-state index contributed by atoms with van der Waals surface area (Å²) in [6, 6.07) is 0.0643. The summed E-state index contributed by atoms with van der Waals surface area (Å²) in [6.45, 7) is 18.2. The van der Waals surface area contributed by atoms with Crippen LogP contribution in [0.2, 0.25) is 0 Å². The van der Waals surface area contributed by atoms with Gasteiger partial charge in [-0.1, -0.05) is 6.92 Å². The number of alkyl carbamates (subject to hydrolysis) is 1. The first kappa shape index (κ1) is 43.9. The molecule has 0 aliphatic rings. The highest BCUT2D eigenvalue weighted by Gasteiger charge is 2.28. The molecule has 16 nitrogen and oxygen atoms in total. The Hall–Kier alpha value is -3.15. The number of rotatable bonds is 25. The van der Waals surface area contributed by atoms with E-state index in [2.05, 4.69) is 43.5 Å². The number of carbonyl (C=O) groups is 3. The van der Waals surface area contributed by atoms with Gasteiger partial charge in [0, 0.05) is 39.3 Å². The Labute approximate surface area is 295 Å². The van der Waals surface area contributed by atoms with Gasteiger partial charge in [-0.15, -0.1) is 12.6 Å². The summed E-state index contributed by atoms with van der Waals surface area (Å²) < 4.78 is 28.2. The van der Waals surface area contributed by atoms with Gasteiger partial charge in [-0.05, 0) is 74.7 Å². The molecule has 1 aromatic rings. The van der Waals surface area contributed by atoms with Crippen molar-refractivity contribution in [3.63, 3.8) is 0 Å². The molecule has 2 unspecified atom stereocenters. The molecule has 0 saturated carbocycles. The average Bonchev–Trinajstić information content (AvgIpc) is 2.95. The highest BCUT2D eigenvalue weighted by atomic mass is 32.1. The number of thiol groups is 1. The third kappa shape index (κ3) is 20.8. The number of aliphatic carboxylic acids is 2. The number of hydrogen-bond acceptors (Lipinski definition) is 14. The smallest absolute Gasteiger partial charge is 0.407 e. The van der Waals surface area contributed by atoms with Crippen molar-refractivity contribution in [3.8, 4) is 6.01 Å². The summed E-state index contributed by atoms with van der Waals surface area (Å²) in [7, 11) is 0. The number of nitrogens with one attached hydrogen (secondary N) is 3. The molecule has 1 rings (SSSR count). The van der Waals surface area contributed by atoms with Crippen molar-refractivity contribution in [1.29, 1.82) is 0 Å². The first-order chi connectivity index (χ1) is 22.6. The number of hydrogen-bond donors (Lipinski definition) is 6. The normalized spacial score (nSPS) is 14.0. The minimum absolute atomic E-state index is 0.0643. The molecule has 2 atom stereocenters. The summed E-state index contributed by atoms with van der Waals surface area (Å²) >= 11 is 4.60. The molecule has 0 aliphatic heterocycles. The van der Waals surface area contributed by atoms with Gasteiger partial charge in [0.15, 0.2) is 0 Å². The Balaban J connectivity index is 2.75. The van der Waals surface area contributed by atoms with Crippen molar-refractivity contribution in [2.45, 2.75) is 104 Å². The van der Waals surface area contributed by atoms with Crippen molar-refractivity contribution < 1.29 is 48.3 Å². The van der Waals surface area contributed by atoms with Gasteiger partial charge in [0.05, 0.1) is 30.1 Å². The zero-order chi connectivity index (χ0) is 37.3. The van der Waals surface area contributed by atoms with E-state index in [9.17, 15) is 19.5 Å². The van der Waals surface area contributed by atoms with Crippen LogP contribution in [0.25, 0.3) is 0 Å². The summed E-state index contributed by atoms with van der Waals surface area (Å²) in [5.41, 5.74) is -2.02. The van der Waals surface area contributed by atoms with Crippen LogP contribution in [0, 0.1) is 11.3 Å². The van der Waals surface area contributed by atoms with Crippen LogP contribution >= 0.6 is 12.6 Å². The number of carboxylic acid groups (broad SMARTS) is 2. The molecule has 0 spiro atoms. The lowest BCUT2D eigenvalue weighted by molar-refractivity contribution is -0.148.